The lowest BCUT2D eigenvalue weighted by Gasteiger charge is -1.27. The van der Waals surface area contributed by atoms with Crippen LogP contribution in [0.3, 0.4) is 0 Å². The molecule has 0 aliphatic carbocycles. The van der Waals surface area contributed by atoms with Gasteiger partial charge in [-0.2, -0.15) is 13.5 Å². The number of hydrogen-bond donors (Lipinski definition) is 0. The highest BCUT2D eigenvalue weighted by Crippen LogP contribution is 1.60. The van der Waals surface area contributed by atoms with Gasteiger partial charge in [0.05, 0.1) is 0 Å². The predicted octanol–water partition coefficient (Wildman–Crippen LogP) is 1.48. The first-order valence-electron chi connectivity index (χ1n) is 0.626. The van der Waals surface area contributed by atoms with E-state index in [0.717, 1.165) is 0 Å². The van der Waals surface area contributed by atoms with Gasteiger partial charge in [0.2, 0.25) is 0 Å². The van der Waals surface area contributed by atoms with Gasteiger partial charge in [-0.15, -0.1) is 0 Å². The van der Waals surface area contributed by atoms with Crippen LogP contribution in [-0.2, 0) is 0 Å². The molecule has 4 heavy (non-hydrogen) atoms. The van der Waals surface area contributed by atoms with Gasteiger partial charge in [-0.3, -0.25) is 0 Å². The number of rotatable bonds is 0. The van der Waals surface area contributed by atoms with Crippen molar-refractivity contribution in [1.29, 1.82) is 0 Å². The van der Waals surface area contributed by atoms with Gasteiger partial charge in [0.25, 0.3) is 0 Å². The van der Waals surface area contributed by atoms with Gasteiger partial charge in [0.1, 0.15) is 0 Å². The van der Waals surface area contributed by atoms with Gasteiger partial charge in [0, 0.05) is 0 Å². The van der Waals surface area contributed by atoms with E-state index in [1.165, 1.54) is 5.54 Å². The summed E-state index contributed by atoms with van der Waals surface area (Å²) in [4.78, 5) is 0. The third kappa shape index (κ3) is 31.4. The van der Waals surface area contributed by atoms with E-state index in [2.05, 4.69) is 6.58 Å². The van der Waals surface area contributed by atoms with E-state index in [9.17, 15) is 0 Å². The predicted molar refractivity (Wildman–Crippen MR) is 26.4 cm³/mol. The second kappa shape index (κ2) is 10.1. The molecule has 0 aromatic carbocycles. The van der Waals surface area contributed by atoms with Crippen molar-refractivity contribution in [1.82, 2.24) is 0 Å². The Bertz CT molecular complexity index is 13.5. The van der Waals surface area contributed by atoms with E-state index in [1.807, 2.05) is 0 Å². The molecule has 0 aliphatic heterocycles. The zero-order chi connectivity index (χ0) is 2.71. The summed E-state index contributed by atoms with van der Waals surface area (Å²) in [5.74, 6) is 0. The molecular formula is C2H5ClS. The summed E-state index contributed by atoms with van der Waals surface area (Å²) in [6.07, 6.45) is 0. The molecule has 0 spiro atoms. The average Bonchev–Trinajstić information content (AvgIpc) is 0.918. The smallest absolute Gasteiger partial charge is 0.00296 e. The number of hydrogen-bond acceptors (Lipinski definition) is 0. The quantitative estimate of drug-likeness (QED) is 0.429. The van der Waals surface area contributed by atoms with Crippen molar-refractivity contribution in [3.05, 3.63) is 12.1 Å². The molecule has 0 rings (SSSR count). The summed E-state index contributed by atoms with van der Waals surface area (Å²) in [5.41, 5.74) is 1.22. The standard InChI is InChI=1S/C2H3Cl.H2S/c1-2-3;/h2H,1H2;1H2. The zero-order valence-electron chi connectivity index (χ0n) is 2.16. The minimum absolute atomic E-state index is 0. The second-order valence-corrected chi connectivity index (χ2v) is 0.463. The van der Waals surface area contributed by atoms with Crippen molar-refractivity contribution in [3.63, 3.8) is 0 Å². The molecule has 0 bridgehead atoms. The molecule has 2 heteroatoms. The Kier molecular flexibility index (Phi) is 22.2. The molecule has 0 aliphatic rings. The highest BCUT2D eigenvalue weighted by atomic mass is 35.5. The van der Waals surface area contributed by atoms with Gasteiger partial charge < -0.3 is 0 Å². The lowest BCUT2D eigenvalue weighted by atomic mass is 11.3. The molecule has 0 saturated heterocycles. The number of halogens is 1. The monoisotopic (exact) mass is 96.0 g/mol. The van der Waals surface area contributed by atoms with E-state index in [4.69, 9.17) is 11.6 Å². The Hall–Kier alpha value is 0.380. The molecule has 0 heterocycles. The summed E-state index contributed by atoms with van der Waals surface area (Å²) >= 11 is 4.76. The van der Waals surface area contributed by atoms with Gasteiger partial charge >= 0.3 is 0 Å². The van der Waals surface area contributed by atoms with Crippen molar-refractivity contribution < 1.29 is 0 Å². The Morgan fingerprint density at radius 3 is 1.75 bits per heavy atom. The fraction of sp³-hybridized carbons (Fsp3) is 0. The van der Waals surface area contributed by atoms with Crippen LogP contribution in [0.15, 0.2) is 12.1 Å². The van der Waals surface area contributed by atoms with Crippen molar-refractivity contribution in [2.75, 3.05) is 0 Å². The largest absolute Gasteiger partial charge is 0.197 e. The average molecular weight is 96.6 g/mol. The Balaban J connectivity index is 0. The molecule has 0 N–H and O–H groups in total. The van der Waals surface area contributed by atoms with Crippen LogP contribution in [0.2, 0.25) is 0 Å². The molecule has 0 radical (unpaired) electrons. The molecular weight excluding hydrogens is 91.5 g/mol. The van der Waals surface area contributed by atoms with E-state index in [-0.39, 0.29) is 13.5 Å². The first-order chi connectivity index (χ1) is 1.41. The second-order valence-electron chi connectivity index (χ2n) is 0.154. The Morgan fingerprint density at radius 1 is 1.75 bits per heavy atom. The fourth-order valence-corrected chi connectivity index (χ4v) is 0. The highest BCUT2D eigenvalue weighted by Gasteiger charge is 1.18. The summed E-state index contributed by atoms with van der Waals surface area (Å²) in [7, 11) is 0. The van der Waals surface area contributed by atoms with Crippen LogP contribution < -0.4 is 0 Å². The van der Waals surface area contributed by atoms with Gasteiger partial charge in [-0.25, -0.2) is 0 Å². The lowest BCUT2D eigenvalue weighted by Crippen LogP contribution is -0.926. The molecule has 26 valence electrons. The van der Waals surface area contributed by atoms with Crippen LogP contribution in [0.1, 0.15) is 0 Å². The van der Waals surface area contributed by atoms with Crippen LogP contribution in [0, 0.1) is 0 Å². The summed E-state index contributed by atoms with van der Waals surface area (Å²) in [6.45, 7) is 3.13. The molecule has 0 aromatic heterocycles. The third-order valence-corrected chi connectivity index (χ3v) is 0. The van der Waals surface area contributed by atoms with E-state index in [0.29, 0.717) is 0 Å². The van der Waals surface area contributed by atoms with E-state index >= 15 is 0 Å². The molecule has 0 saturated carbocycles. The molecule has 0 nitrogen and oxygen atoms in total. The normalized spacial score (nSPS) is 3.25. The molecule has 0 atom stereocenters. The van der Waals surface area contributed by atoms with Gasteiger partial charge in [-0.1, -0.05) is 18.2 Å². The van der Waals surface area contributed by atoms with Crippen molar-refractivity contribution in [3.8, 4) is 0 Å². The molecule has 0 aromatic rings. The zero-order valence-corrected chi connectivity index (χ0v) is 3.92. The molecule has 0 amide bonds. The van der Waals surface area contributed by atoms with Crippen LogP contribution in [0.5, 0.6) is 0 Å². The third-order valence-electron chi connectivity index (χ3n) is 0. The minimum atomic E-state index is 0. The van der Waals surface area contributed by atoms with Crippen LogP contribution in [0.4, 0.5) is 0 Å². The van der Waals surface area contributed by atoms with Gasteiger partial charge in [-0.05, 0) is 5.54 Å². The van der Waals surface area contributed by atoms with Crippen LogP contribution in [0.25, 0.3) is 0 Å². The summed E-state index contributed by atoms with van der Waals surface area (Å²) < 4.78 is 0. The van der Waals surface area contributed by atoms with Gasteiger partial charge in [0.15, 0.2) is 0 Å². The molecule has 0 fully saturated rings. The summed E-state index contributed by atoms with van der Waals surface area (Å²) in [5, 5.41) is 0. The highest BCUT2D eigenvalue weighted by molar-refractivity contribution is 7.59. The summed E-state index contributed by atoms with van der Waals surface area (Å²) in [6, 6.07) is 0. The topological polar surface area (TPSA) is 0 Å². The first-order valence-corrected chi connectivity index (χ1v) is 1.06. The van der Waals surface area contributed by atoms with Crippen LogP contribution in [-0.4, -0.2) is 0 Å². The van der Waals surface area contributed by atoms with Crippen molar-refractivity contribution >= 4 is 25.1 Å². The fourth-order valence-electron chi connectivity index (χ4n) is 0. The first kappa shape index (κ1) is 8.83. The Morgan fingerprint density at radius 2 is 1.75 bits per heavy atom. The maximum atomic E-state index is 4.76. The lowest BCUT2D eigenvalue weighted by molar-refractivity contribution is 2.63. The maximum absolute atomic E-state index is 4.76. The maximum Gasteiger partial charge on any atom is -0.00296 e. The van der Waals surface area contributed by atoms with Crippen molar-refractivity contribution in [2.45, 2.75) is 0 Å². The Labute approximate surface area is 37.9 Å². The van der Waals surface area contributed by atoms with E-state index in [1.54, 1.807) is 0 Å². The van der Waals surface area contributed by atoms with Crippen LogP contribution >= 0.6 is 25.1 Å². The molecule has 0 unspecified atom stereocenters. The van der Waals surface area contributed by atoms with Crippen molar-refractivity contribution in [2.24, 2.45) is 0 Å². The minimum Gasteiger partial charge on any atom is -0.197 e. The van der Waals surface area contributed by atoms with E-state index < -0.39 is 0 Å². The SMILES string of the molecule is C=CCl.S.